The van der Waals surface area contributed by atoms with Crippen molar-refractivity contribution in [2.75, 3.05) is 47.5 Å². The van der Waals surface area contributed by atoms with Crippen LogP contribution in [0.15, 0.2) is 18.3 Å². The lowest BCUT2D eigenvalue weighted by molar-refractivity contribution is 0.278. The summed E-state index contributed by atoms with van der Waals surface area (Å²) in [4.78, 5) is 2.41. The van der Waals surface area contributed by atoms with Gasteiger partial charge in [0.2, 0.25) is 5.75 Å². The van der Waals surface area contributed by atoms with Crippen molar-refractivity contribution in [1.29, 1.82) is 0 Å². The SMILES string of the molecule is COc1cc(-n2nncc2CN2CCCNCC2)cc(OC)c1OC. The summed E-state index contributed by atoms with van der Waals surface area (Å²) < 4.78 is 18.1. The van der Waals surface area contributed by atoms with E-state index in [1.165, 1.54) is 0 Å². The third-order valence-electron chi connectivity index (χ3n) is 4.33. The van der Waals surface area contributed by atoms with Crippen molar-refractivity contribution in [1.82, 2.24) is 25.2 Å². The summed E-state index contributed by atoms with van der Waals surface area (Å²) in [5, 5.41) is 11.8. The highest BCUT2D eigenvalue weighted by molar-refractivity contribution is 5.58. The van der Waals surface area contributed by atoms with Gasteiger partial charge in [-0.05, 0) is 19.5 Å². The highest BCUT2D eigenvalue weighted by Crippen LogP contribution is 2.39. The molecule has 0 spiro atoms. The molecule has 25 heavy (non-hydrogen) atoms. The summed E-state index contributed by atoms with van der Waals surface area (Å²) in [5.74, 6) is 1.75. The normalized spacial score (nSPS) is 15.6. The number of methoxy groups -OCH3 is 3. The fraction of sp³-hybridized carbons (Fsp3) is 0.529. The van der Waals surface area contributed by atoms with Crippen molar-refractivity contribution in [3.8, 4) is 22.9 Å². The number of nitrogens with zero attached hydrogens (tertiary/aromatic N) is 4. The summed E-state index contributed by atoms with van der Waals surface area (Å²) in [6.45, 7) is 4.95. The molecule has 0 atom stereocenters. The van der Waals surface area contributed by atoms with Crippen LogP contribution in [0, 0.1) is 0 Å². The summed E-state index contributed by atoms with van der Waals surface area (Å²) in [6.07, 6.45) is 2.95. The summed E-state index contributed by atoms with van der Waals surface area (Å²) in [6, 6.07) is 3.76. The smallest absolute Gasteiger partial charge is 0.203 e. The van der Waals surface area contributed by atoms with Gasteiger partial charge in [0, 0.05) is 31.8 Å². The van der Waals surface area contributed by atoms with Crippen LogP contribution in [0.2, 0.25) is 0 Å². The molecule has 1 aliphatic heterocycles. The van der Waals surface area contributed by atoms with Gasteiger partial charge in [-0.3, -0.25) is 4.90 Å². The Kier molecular flexibility index (Phi) is 5.72. The van der Waals surface area contributed by atoms with Crippen LogP contribution in [0.5, 0.6) is 17.2 Å². The third-order valence-corrected chi connectivity index (χ3v) is 4.33. The first-order valence-electron chi connectivity index (χ1n) is 8.40. The Morgan fingerprint density at radius 2 is 1.80 bits per heavy atom. The molecule has 0 bridgehead atoms. The number of ether oxygens (including phenoxy) is 3. The Hall–Kier alpha value is -2.32. The second-order valence-electron chi connectivity index (χ2n) is 5.90. The van der Waals surface area contributed by atoms with E-state index in [-0.39, 0.29) is 0 Å². The van der Waals surface area contributed by atoms with Gasteiger partial charge in [-0.1, -0.05) is 5.21 Å². The number of hydrogen-bond donors (Lipinski definition) is 1. The van der Waals surface area contributed by atoms with Crippen molar-refractivity contribution >= 4 is 0 Å². The second kappa shape index (κ2) is 8.17. The van der Waals surface area contributed by atoms with Gasteiger partial charge in [-0.2, -0.15) is 0 Å². The predicted molar refractivity (Wildman–Crippen MR) is 93.8 cm³/mol. The van der Waals surface area contributed by atoms with Gasteiger partial charge < -0.3 is 19.5 Å². The van der Waals surface area contributed by atoms with Gasteiger partial charge in [0.05, 0.1) is 38.9 Å². The number of hydrogen-bond acceptors (Lipinski definition) is 7. The van der Waals surface area contributed by atoms with E-state index in [9.17, 15) is 0 Å². The van der Waals surface area contributed by atoms with Gasteiger partial charge in [-0.15, -0.1) is 5.10 Å². The third kappa shape index (κ3) is 3.85. The molecule has 1 aliphatic rings. The first kappa shape index (κ1) is 17.5. The molecule has 0 aliphatic carbocycles. The van der Waals surface area contributed by atoms with Gasteiger partial charge in [0.25, 0.3) is 0 Å². The molecule has 1 aromatic heterocycles. The van der Waals surface area contributed by atoms with Crippen LogP contribution in [-0.2, 0) is 6.54 Å². The lowest BCUT2D eigenvalue weighted by Crippen LogP contribution is -2.28. The molecule has 3 rings (SSSR count). The van der Waals surface area contributed by atoms with E-state index in [4.69, 9.17) is 14.2 Å². The number of nitrogens with one attached hydrogen (secondary N) is 1. The van der Waals surface area contributed by atoms with Crippen LogP contribution in [0.1, 0.15) is 12.1 Å². The molecule has 8 nitrogen and oxygen atoms in total. The van der Waals surface area contributed by atoms with Crippen LogP contribution < -0.4 is 19.5 Å². The molecule has 2 aromatic rings. The molecule has 2 heterocycles. The molecule has 0 unspecified atom stereocenters. The highest BCUT2D eigenvalue weighted by Gasteiger charge is 2.18. The quantitative estimate of drug-likeness (QED) is 0.838. The van der Waals surface area contributed by atoms with E-state index >= 15 is 0 Å². The highest BCUT2D eigenvalue weighted by atomic mass is 16.5. The fourth-order valence-corrected chi connectivity index (χ4v) is 3.06. The minimum Gasteiger partial charge on any atom is -0.493 e. The van der Waals surface area contributed by atoms with Crippen molar-refractivity contribution in [3.63, 3.8) is 0 Å². The van der Waals surface area contributed by atoms with Crippen molar-refractivity contribution in [2.24, 2.45) is 0 Å². The average molecular weight is 347 g/mol. The van der Waals surface area contributed by atoms with E-state index in [2.05, 4.69) is 20.5 Å². The first-order chi connectivity index (χ1) is 12.3. The molecule has 1 saturated heterocycles. The van der Waals surface area contributed by atoms with Crippen LogP contribution in [0.25, 0.3) is 5.69 Å². The van der Waals surface area contributed by atoms with Crippen molar-refractivity contribution < 1.29 is 14.2 Å². The largest absolute Gasteiger partial charge is 0.493 e. The molecule has 8 heteroatoms. The molecule has 0 radical (unpaired) electrons. The fourth-order valence-electron chi connectivity index (χ4n) is 3.06. The van der Waals surface area contributed by atoms with Crippen LogP contribution in [0.4, 0.5) is 0 Å². The number of rotatable bonds is 6. The van der Waals surface area contributed by atoms with Crippen molar-refractivity contribution in [2.45, 2.75) is 13.0 Å². The Bertz CT molecular complexity index is 670. The zero-order valence-corrected chi connectivity index (χ0v) is 15.0. The maximum atomic E-state index is 5.44. The molecular weight excluding hydrogens is 322 g/mol. The Balaban J connectivity index is 1.91. The maximum absolute atomic E-state index is 5.44. The number of aromatic nitrogens is 3. The molecule has 1 N–H and O–H groups in total. The maximum Gasteiger partial charge on any atom is 0.203 e. The molecular formula is C17H25N5O3. The molecule has 136 valence electrons. The van der Waals surface area contributed by atoms with E-state index in [1.54, 1.807) is 21.3 Å². The van der Waals surface area contributed by atoms with Crippen LogP contribution >= 0.6 is 0 Å². The van der Waals surface area contributed by atoms with Gasteiger partial charge in [0.1, 0.15) is 0 Å². The first-order valence-corrected chi connectivity index (χ1v) is 8.40. The monoisotopic (exact) mass is 347 g/mol. The van der Waals surface area contributed by atoms with Gasteiger partial charge in [0.15, 0.2) is 11.5 Å². The van der Waals surface area contributed by atoms with Gasteiger partial charge in [-0.25, -0.2) is 4.68 Å². The Morgan fingerprint density at radius 3 is 2.48 bits per heavy atom. The lowest BCUT2D eigenvalue weighted by atomic mass is 10.2. The summed E-state index contributed by atoms with van der Waals surface area (Å²) in [7, 11) is 4.80. The number of benzene rings is 1. The topological polar surface area (TPSA) is 73.7 Å². The zero-order valence-electron chi connectivity index (χ0n) is 15.0. The van der Waals surface area contributed by atoms with E-state index in [0.29, 0.717) is 17.2 Å². The molecule has 0 amide bonds. The minimum atomic E-state index is 0.564. The zero-order chi connectivity index (χ0) is 17.6. The van der Waals surface area contributed by atoms with E-state index in [1.807, 2.05) is 23.0 Å². The molecule has 0 saturated carbocycles. The molecule has 1 fully saturated rings. The average Bonchev–Trinajstić information content (AvgIpc) is 2.95. The second-order valence-corrected chi connectivity index (χ2v) is 5.90. The minimum absolute atomic E-state index is 0.564. The summed E-state index contributed by atoms with van der Waals surface area (Å²) in [5.41, 5.74) is 1.85. The lowest BCUT2D eigenvalue weighted by Gasteiger charge is -2.20. The Morgan fingerprint density at radius 1 is 1.04 bits per heavy atom. The molecule has 1 aromatic carbocycles. The van der Waals surface area contributed by atoms with Crippen LogP contribution in [-0.4, -0.2) is 67.4 Å². The van der Waals surface area contributed by atoms with Gasteiger partial charge >= 0.3 is 0 Å². The van der Waals surface area contributed by atoms with E-state index in [0.717, 1.165) is 50.5 Å². The van der Waals surface area contributed by atoms with E-state index < -0.39 is 0 Å². The van der Waals surface area contributed by atoms with Crippen LogP contribution in [0.3, 0.4) is 0 Å². The predicted octanol–water partition coefficient (Wildman–Crippen LogP) is 1.09. The Labute approximate surface area is 147 Å². The summed E-state index contributed by atoms with van der Waals surface area (Å²) >= 11 is 0. The van der Waals surface area contributed by atoms with Crippen molar-refractivity contribution in [3.05, 3.63) is 24.0 Å². The standard InChI is InChI=1S/C17H25N5O3/c1-23-15-9-13(10-16(24-2)17(15)25-3)22-14(11-19-20-22)12-21-7-4-5-18-6-8-21/h9-11,18H,4-8,12H2,1-3H3.